The highest BCUT2D eigenvalue weighted by molar-refractivity contribution is 5.85. The average molecular weight is 201 g/mol. The summed E-state index contributed by atoms with van der Waals surface area (Å²) in [6.07, 6.45) is 1.58. The van der Waals surface area contributed by atoms with Gasteiger partial charge in [0.2, 0.25) is 5.82 Å². The third-order valence-electron chi connectivity index (χ3n) is 1.47. The molecule has 0 aliphatic carbocycles. The van der Waals surface area contributed by atoms with Gasteiger partial charge in [0.15, 0.2) is 5.76 Å². The van der Waals surface area contributed by atoms with Crippen LogP contribution in [-0.2, 0) is 6.54 Å². The highest BCUT2D eigenvalue weighted by Gasteiger charge is 2.05. The van der Waals surface area contributed by atoms with Crippen LogP contribution in [0.3, 0.4) is 0 Å². The Morgan fingerprint density at radius 2 is 2.38 bits per heavy atom. The molecule has 0 spiro atoms. The fourth-order valence-electron chi connectivity index (χ4n) is 0.903. The number of nitrogens with zero attached hydrogens (tertiary/aromatic N) is 2. The van der Waals surface area contributed by atoms with Gasteiger partial charge < -0.3 is 10.2 Å². The van der Waals surface area contributed by atoms with Gasteiger partial charge in [0.25, 0.3) is 0 Å². The number of nitrogens with two attached hydrogens (primary N) is 1. The Bertz CT molecular complexity index is 356. The van der Waals surface area contributed by atoms with Crippen molar-refractivity contribution < 1.29 is 4.42 Å². The van der Waals surface area contributed by atoms with Crippen molar-refractivity contribution in [2.75, 3.05) is 0 Å². The topological polar surface area (TPSA) is 80.7 Å². The average Bonchev–Trinajstić information content (AvgIpc) is 2.75. The molecule has 0 saturated heterocycles. The smallest absolute Gasteiger partial charge is 0.216 e. The van der Waals surface area contributed by atoms with Gasteiger partial charge in [-0.1, -0.05) is 0 Å². The lowest BCUT2D eigenvalue weighted by molar-refractivity contribution is 0.577. The first-order valence-electron chi connectivity index (χ1n) is 3.55. The van der Waals surface area contributed by atoms with Crippen LogP contribution in [0.1, 0.15) is 5.82 Å². The largest absolute Gasteiger partial charge is 0.461 e. The van der Waals surface area contributed by atoms with Crippen molar-refractivity contribution >= 4 is 12.4 Å². The summed E-state index contributed by atoms with van der Waals surface area (Å²) in [6.45, 7) is 0.355. The predicted molar refractivity (Wildman–Crippen MR) is 49.2 cm³/mol. The number of aromatic nitrogens is 3. The highest BCUT2D eigenvalue weighted by Crippen LogP contribution is 2.13. The molecule has 70 valence electrons. The van der Waals surface area contributed by atoms with E-state index in [0.717, 1.165) is 0 Å². The van der Waals surface area contributed by atoms with Crippen molar-refractivity contribution in [2.45, 2.75) is 6.54 Å². The lowest BCUT2D eigenvalue weighted by Gasteiger charge is -1.83. The monoisotopic (exact) mass is 200 g/mol. The van der Waals surface area contributed by atoms with E-state index >= 15 is 0 Å². The van der Waals surface area contributed by atoms with E-state index < -0.39 is 0 Å². The maximum atomic E-state index is 5.35. The standard InChI is InChI=1S/C7H8N4O.ClH/c8-4-6-9-7(11-10-6)5-2-1-3-12-5;/h1-3H,4,8H2,(H,9,10,11);1H. The minimum absolute atomic E-state index is 0. The molecule has 3 N–H and O–H groups in total. The SMILES string of the molecule is Cl.NCc1nc(-c2ccco2)n[nH]1. The van der Waals surface area contributed by atoms with Gasteiger partial charge in [-0.25, -0.2) is 4.98 Å². The van der Waals surface area contributed by atoms with E-state index in [1.54, 1.807) is 18.4 Å². The molecule has 6 heteroatoms. The summed E-state index contributed by atoms with van der Waals surface area (Å²) in [5.74, 6) is 1.84. The number of hydrogen-bond donors (Lipinski definition) is 2. The van der Waals surface area contributed by atoms with Crippen molar-refractivity contribution in [1.82, 2.24) is 15.2 Å². The summed E-state index contributed by atoms with van der Waals surface area (Å²) in [6, 6.07) is 3.58. The molecular formula is C7H9ClN4O. The predicted octanol–water partition coefficient (Wildman–Crippen LogP) is 0.945. The van der Waals surface area contributed by atoms with Crippen LogP contribution in [0.25, 0.3) is 11.6 Å². The fraction of sp³-hybridized carbons (Fsp3) is 0.143. The minimum atomic E-state index is 0. The van der Waals surface area contributed by atoms with Gasteiger partial charge >= 0.3 is 0 Å². The molecule has 0 amide bonds. The molecule has 0 aromatic carbocycles. The lowest BCUT2D eigenvalue weighted by atomic mass is 10.4. The van der Waals surface area contributed by atoms with Crippen LogP contribution in [0.4, 0.5) is 0 Å². The van der Waals surface area contributed by atoms with Gasteiger partial charge in [-0.3, -0.25) is 5.10 Å². The molecule has 0 radical (unpaired) electrons. The second kappa shape index (κ2) is 4.06. The molecule has 2 rings (SSSR count). The first-order valence-corrected chi connectivity index (χ1v) is 3.55. The number of hydrogen-bond acceptors (Lipinski definition) is 4. The molecule has 2 heterocycles. The van der Waals surface area contributed by atoms with Crippen molar-refractivity contribution in [3.8, 4) is 11.6 Å². The van der Waals surface area contributed by atoms with Crippen LogP contribution in [0.2, 0.25) is 0 Å². The van der Waals surface area contributed by atoms with Crippen molar-refractivity contribution in [1.29, 1.82) is 0 Å². The molecule has 5 nitrogen and oxygen atoms in total. The Hall–Kier alpha value is -1.33. The van der Waals surface area contributed by atoms with E-state index in [9.17, 15) is 0 Å². The fourth-order valence-corrected chi connectivity index (χ4v) is 0.903. The van der Waals surface area contributed by atoms with E-state index in [1.807, 2.05) is 0 Å². The summed E-state index contributed by atoms with van der Waals surface area (Å²) in [5.41, 5.74) is 5.35. The van der Waals surface area contributed by atoms with E-state index in [2.05, 4.69) is 15.2 Å². The number of rotatable bonds is 2. The van der Waals surface area contributed by atoms with Crippen LogP contribution in [0.15, 0.2) is 22.8 Å². The van der Waals surface area contributed by atoms with Gasteiger partial charge in [0.1, 0.15) is 5.82 Å². The maximum Gasteiger partial charge on any atom is 0.216 e. The number of nitrogens with one attached hydrogen (secondary N) is 1. The molecular weight excluding hydrogens is 192 g/mol. The van der Waals surface area contributed by atoms with Crippen LogP contribution in [-0.4, -0.2) is 15.2 Å². The van der Waals surface area contributed by atoms with Crippen molar-refractivity contribution in [3.05, 3.63) is 24.2 Å². The van der Waals surface area contributed by atoms with Crippen LogP contribution in [0.5, 0.6) is 0 Å². The molecule has 0 fully saturated rings. The lowest BCUT2D eigenvalue weighted by Crippen LogP contribution is -1.97. The Morgan fingerprint density at radius 3 is 2.92 bits per heavy atom. The molecule has 0 saturated carbocycles. The Morgan fingerprint density at radius 1 is 1.54 bits per heavy atom. The summed E-state index contributed by atoms with van der Waals surface area (Å²) in [7, 11) is 0. The Kier molecular flexibility index (Phi) is 3.05. The summed E-state index contributed by atoms with van der Waals surface area (Å²) >= 11 is 0. The number of furan rings is 1. The van der Waals surface area contributed by atoms with E-state index in [0.29, 0.717) is 24.0 Å². The molecule has 0 aliphatic rings. The molecule has 0 unspecified atom stereocenters. The zero-order valence-corrected chi connectivity index (χ0v) is 7.54. The number of aromatic amines is 1. The van der Waals surface area contributed by atoms with Crippen LogP contribution < -0.4 is 5.73 Å². The number of H-pyrrole nitrogens is 1. The van der Waals surface area contributed by atoms with E-state index in [-0.39, 0.29) is 12.4 Å². The normalized spacial score (nSPS) is 9.62. The van der Waals surface area contributed by atoms with E-state index in [4.69, 9.17) is 10.2 Å². The van der Waals surface area contributed by atoms with E-state index in [1.165, 1.54) is 0 Å². The summed E-state index contributed by atoms with van der Waals surface area (Å²) < 4.78 is 5.09. The summed E-state index contributed by atoms with van der Waals surface area (Å²) in [4.78, 5) is 4.09. The molecule has 2 aromatic rings. The Labute approximate surface area is 80.8 Å². The Balaban J connectivity index is 0.000000845. The van der Waals surface area contributed by atoms with Crippen LogP contribution in [0, 0.1) is 0 Å². The van der Waals surface area contributed by atoms with Crippen LogP contribution >= 0.6 is 12.4 Å². The number of halogens is 1. The first-order chi connectivity index (χ1) is 5.90. The second-order valence-electron chi connectivity index (χ2n) is 2.29. The van der Waals surface area contributed by atoms with Gasteiger partial charge in [0.05, 0.1) is 12.8 Å². The second-order valence-corrected chi connectivity index (χ2v) is 2.29. The maximum absolute atomic E-state index is 5.35. The van der Waals surface area contributed by atoms with Gasteiger partial charge in [-0.05, 0) is 12.1 Å². The molecule has 0 aliphatic heterocycles. The van der Waals surface area contributed by atoms with Gasteiger partial charge in [-0.15, -0.1) is 17.5 Å². The zero-order valence-electron chi connectivity index (χ0n) is 6.73. The minimum Gasteiger partial charge on any atom is -0.461 e. The molecule has 0 atom stereocenters. The van der Waals surface area contributed by atoms with Gasteiger partial charge in [0, 0.05) is 0 Å². The molecule has 13 heavy (non-hydrogen) atoms. The molecule has 2 aromatic heterocycles. The third-order valence-corrected chi connectivity index (χ3v) is 1.47. The molecule has 0 bridgehead atoms. The highest BCUT2D eigenvalue weighted by atomic mass is 35.5. The zero-order chi connectivity index (χ0) is 8.39. The van der Waals surface area contributed by atoms with Crippen molar-refractivity contribution in [3.63, 3.8) is 0 Å². The van der Waals surface area contributed by atoms with Gasteiger partial charge in [-0.2, -0.15) is 0 Å². The summed E-state index contributed by atoms with van der Waals surface area (Å²) in [5, 5.41) is 6.62. The first kappa shape index (κ1) is 9.76. The van der Waals surface area contributed by atoms with Crippen molar-refractivity contribution in [2.24, 2.45) is 5.73 Å². The third kappa shape index (κ3) is 1.88. The quantitative estimate of drug-likeness (QED) is 0.756.